The molecule has 0 radical (unpaired) electrons. The molecular formula is C17H23N3O3. The lowest BCUT2D eigenvalue weighted by Gasteiger charge is -2.17. The smallest absolute Gasteiger partial charge is 0.341 e. The lowest BCUT2D eigenvalue weighted by molar-refractivity contribution is 0.0527. The molecule has 0 aliphatic rings. The summed E-state index contributed by atoms with van der Waals surface area (Å²) >= 11 is 0. The highest BCUT2D eigenvalue weighted by Gasteiger charge is 2.18. The summed E-state index contributed by atoms with van der Waals surface area (Å²) in [4.78, 5) is 16.6. The summed E-state index contributed by atoms with van der Waals surface area (Å²) in [5, 5.41) is 13.7. The van der Waals surface area contributed by atoms with Crippen molar-refractivity contribution in [2.75, 3.05) is 25.0 Å². The third-order valence-corrected chi connectivity index (χ3v) is 3.59. The Bertz CT molecular complexity index is 716. The molecule has 0 fully saturated rings. The van der Waals surface area contributed by atoms with Gasteiger partial charge in [-0.1, -0.05) is 11.6 Å². The zero-order chi connectivity index (χ0) is 17.0. The first-order valence-electron chi connectivity index (χ1n) is 7.67. The maximum atomic E-state index is 12.2. The van der Waals surface area contributed by atoms with Crippen LogP contribution in [0.3, 0.4) is 0 Å². The van der Waals surface area contributed by atoms with E-state index in [4.69, 9.17) is 10.5 Å². The first kappa shape index (κ1) is 17.2. The van der Waals surface area contributed by atoms with Crippen molar-refractivity contribution in [1.29, 1.82) is 0 Å². The number of nitrogens with zero attached hydrogens (tertiary/aromatic N) is 1. The highest BCUT2D eigenvalue weighted by atomic mass is 16.5. The molecule has 0 saturated heterocycles. The van der Waals surface area contributed by atoms with Gasteiger partial charge < -0.3 is 20.9 Å². The molecule has 1 aromatic carbocycles. The van der Waals surface area contributed by atoms with Gasteiger partial charge >= 0.3 is 5.97 Å². The Morgan fingerprint density at radius 3 is 2.83 bits per heavy atom. The SMILES string of the molecule is CCOC(=O)c1cnc2c(C)cc(C)cc2c1NCC(O)CN. The Morgan fingerprint density at radius 1 is 1.43 bits per heavy atom. The number of anilines is 1. The van der Waals surface area contributed by atoms with Crippen molar-refractivity contribution in [2.24, 2.45) is 5.73 Å². The van der Waals surface area contributed by atoms with E-state index in [2.05, 4.69) is 10.3 Å². The van der Waals surface area contributed by atoms with Crippen molar-refractivity contribution in [3.05, 3.63) is 35.0 Å². The molecule has 4 N–H and O–H groups in total. The molecule has 0 bridgehead atoms. The van der Waals surface area contributed by atoms with Crippen LogP contribution in [0.25, 0.3) is 10.9 Å². The number of hydrogen-bond donors (Lipinski definition) is 3. The molecule has 0 amide bonds. The normalized spacial score (nSPS) is 12.2. The van der Waals surface area contributed by atoms with Crippen LogP contribution in [0.4, 0.5) is 5.69 Å². The number of aromatic nitrogens is 1. The van der Waals surface area contributed by atoms with Gasteiger partial charge in [-0.2, -0.15) is 0 Å². The van der Waals surface area contributed by atoms with Crippen LogP contribution in [0.1, 0.15) is 28.4 Å². The molecule has 6 heteroatoms. The monoisotopic (exact) mass is 317 g/mol. The predicted molar refractivity (Wildman–Crippen MR) is 90.7 cm³/mol. The number of aliphatic hydroxyl groups excluding tert-OH is 1. The molecule has 0 spiro atoms. The van der Waals surface area contributed by atoms with Gasteiger partial charge in [-0.25, -0.2) is 4.79 Å². The van der Waals surface area contributed by atoms with E-state index in [1.807, 2.05) is 26.0 Å². The Labute approximate surface area is 135 Å². The van der Waals surface area contributed by atoms with Crippen molar-refractivity contribution >= 4 is 22.6 Å². The van der Waals surface area contributed by atoms with Gasteiger partial charge in [-0.15, -0.1) is 0 Å². The fourth-order valence-corrected chi connectivity index (χ4v) is 2.52. The Kier molecular flexibility index (Phi) is 5.52. The summed E-state index contributed by atoms with van der Waals surface area (Å²) in [6.45, 7) is 6.39. The zero-order valence-corrected chi connectivity index (χ0v) is 13.7. The van der Waals surface area contributed by atoms with Crippen molar-refractivity contribution in [3.8, 4) is 0 Å². The topological polar surface area (TPSA) is 97.5 Å². The van der Waals surface area contributed by atoms with Crippen LogP contribution in [0, 0.1) is 13.8 Å². The standard InChI is InChI=1S/C17H23N3O3/c1-4-23-17(22)14-9-20-15-11(3)5-10(2)6-13(15)16(14)19-8-12(21)7-18/h5-6,9,12,21H,4,7-8,18H2,1-3H3,(H,19,20). The summed E-state index contributed by atoms with van der Waals surface area (Å²) in [6.07, 6.45) is 0.818. The minimum Gasteiger partial charge on any atom is -0.462 e. The molecular weight excluding hydrogens is 294 g/mol. The maximum absolute atomic E-state index is 12.2. The number of ether oxygens (including phenoxy) is 1. The van der Waals surface area contributed by atoms with Crippen LogP contribution < -0.4 is 11.1 Å². The number of nitrogens with one attached hydrogen (secondary N) is 1. The number of rotatable bonds is 6. The van der Waals surface area contributed by atoms with Gasteiger partial charge in [0.2, 0.25) is 0 Å². The van der Waals surface area contributed by atoms with Crippen LogP contribution >= 0.6 is 0 Å². The largest absolute Gasteiger partial charge is 0.462 e. The average molecular weight is 317 g/mol. The Balaban J connectivity index is 2.58. The lowest BCUT2D eigenvalue weighted by atomic mass is 10.0. The third-order valence-electron chi connectivity index (χ3n) is 3.59. The second kappa shape index (κ2) is 7.39. The first-order chi connectivity index (χ1) is 11.0. The number of aliphatic hydroxyl groups is 1. The fourth-order valence-electron chi connectivity index (χ4n) is 2.52. The van der Waals surface area contributed by atoms with Crippen LogP contribution in [0.2, 0.25) is 0 Å². The Morgan fingerprint density at radius 2 is 2.17 bits per heavy atom. The number of fused-ring (bicyclic) bond motifs is 1. The molecule has 0 aliphatic heterocycles. The van der Waals surface area contributed by atoms with E-state index in [1.165, 1.54) is 6.20 Å². The van der Waals surface area contributed by atoms with E-state index in [9.17, 15) is 9.90 Å². The first-order valence-corrected chi connectivity index (χ1v) is 7.67. The van der Waals surface area contributed by atoms with Crippen LogP contribution in [-0.4, -0.2) is 41.9 Å². The van der Waals surface area contributed by atoms with Gasteiger partial charge in [-0.05, 0) is 32.4 Å². The number of hydrogen-bond acceptors (Lipinski definition) is 6. The molecule has 2 aromatic rings. The molecule has 0 saturated carbocycles. The van der Waals surface area contributed by atoms with E-state index in [0.717, 1.165) is 22.0 Å². The lowest BCUT2D eigenvalue weighted by Crippen LogP contribution is -2.28. The molecule has 1 unspecified atom stereocenters. The molecule has 1 aromatic heterocycles. The fraction of sp³-hybridized carbons (Fsp3) is 0.412. The maximum Gasteiger partial charge on any atom is 0.341 e. The van der Waals surface area contributed by atoms with Crippen molar-refractivity contribution in [1.82, 2.24) is 4.98 Å². The average Bonchev–Trinajstić information content (AvgIpc) is 2.52. The van der Waals surface area contributed by atoms with Crippen LogP contribution in [-0.2, 0) is 4.74 Å². The minimum atomic E-state index is -0.695. The van der Waals surface area contributed by atoms with Gasteiger partial charge in [0, 0.05) is 24.7 Å². The minimum absolute atomic E-state index is 0.142. The number of carbonyl (C=O) groups is 1. The number of carbonyl (C=O) groups excluding carboxylic acids is 1. The second-order valence-electron chi connectivity index (χ2n) is 5.52. The predicted octanol–water partition coefficient (Wildman–Crippen LogP) is 1.76. The zero-order valence-electron chi connectivity index (χ0n) is 13.7. The van der Waals surface area contributed by atoms with Crippen molar-refractivity contribution < 1.29 is 14.6 Å². The molecule has 0 aliphatic carbocycles. The van der Waals surface area contributed by atoms with E-state index in [-0.39, 0.29) is 19.7 Å². The third kappa shape index (κ3) is 3.78. The van der Waals surface area contributed by atoms with E-state index in [0.29, 0.717) is 11.3 Å². The van der Waals surface area contributed by atoms with Crippen molar-refractivity contribution in [2.45, 2.75) is 26.9 Å². The number of nitrogens with two attached hydrogens (primary N) is 1. The van der Waals surface area contributed by atoms with Crippen LogP contribution in [0.5, 0.6) is 0 Å². The summed E-state index contributed by atoms with van der Waals surface area (Å²) in [5.74, 6) is -0.439. The molecule has 1 heterocycles. The molecule has 1 atom stereocenters. The van der Waals surface area contributed by atoms with Gasteiger partial charge in [0.1, 0.15) is 5.56 Å². The molecule has 2 rings (SSSR count). The van der Waals surface area contributed by atoms with E-state index < -0.39 is 12.1 Å². The quantitative estimate of drug-likeness (QED) is 0.702. The van der Waals surface area contributed by atoms with E-state index >= 15 is 0 Å². The van der Waals surface area contributed by atoms with Gasteiger partial charge in [0.15, 0.2) is 0 Å². The Hall–Kier alpha value is -2.18. The highest BCUT2D eigenvalue weighted by Crippen LogP contribution is 2.29. The number of aryl methyl sites for hydroxylation is 2. The van der Waals surface area contributed by atoms with Gasteiger partial charge in [-0.3, -0.25) is 4.98 Å². The summed E-state index contributed by atoms with van der Waals surface area (Å²) < 4.78 is 5.11. The van der Waals surface area contributed by atoms with Gasteiger partial charge in [0.05, 0.1) is 23.9 Å². The summed E-state index contributed by atoms with van der Waals surface area (Å²) in [6, 6.07) is 4.01. The van der Waals surface area contributed by atoms with E-state index in [1.54, 1.807) is 6.92 Å². The van der Waals surface area contributed by atoms with Crippen LogP contribution in [0.15, 0.2) is 18.3 Å². The van der Waals surface area contributed by atoms with Crippen molar-refractivity contribution in [3.63, 3.8) is 0 Å². The number of pyridine rings is 1. The summed E-state index contributed by atoms with van der Waals surface area (Å²) in [5.41, 5.74) is 9.33. The highest BCUT2D eigenvalue weighted by molar-refractivity contribution is 6.05. The van der Waals surface area contributed by atoms with Gasteiger partial charge in [0.25, 0.3) is 0 Å². The summed E-state index contributed by atoms with van der Waals surface area (Å²) in [7, 11) is 0. The number of esters is 1. The number of benzene rings is 1. The molecule has 124 valence electrons. The second-order valence-corrected chi connectivity index (χ2v) is 5.52. The molecule has 6 nitrogen and oxygen atoms in total. The molecule has 23 heavy (non-hydrogen) atoms.